The van der Waals surface area contributed by atoms with Crippen molar-refractivity contribution in [3.63, 3.8) is 0 Å². The molecule has 1 aliphatic rings. The molecule has 10 aromatic rings. The zero-order chi connectivity index (χ0) is 33.5. The molecule has 0 spiro atoms. The lowest BCUT2D eigenvalue weighted by atomic mass is 9.93. The zero-order valence-corrected chi connectivity index (χ0v) is 27.6. The highest BCUT2D eigenvalue weighted by molar-refractivity contribution is 6.30. The average molecular weight is 648 g/mol. The third kappa shape index (κ3) is 4.19. The second-order valence-electron chi connectivity index (χ2n) is 13.4. The summed E-state index contributed by atoms with van der Waals surface area (Å²) in [5.74, 6) is 0.718. The van der Waals surface area contributed by atoms with Crippen LogP contribution in [0.4, 0.5) is 0 Å². The maximum absolute atomic E-state index is 5.27. The summed E-state index contributed by atoms with van der Waals surface area (Å²) in [7, 11) is 0. The molecular formula is C48H29N3. The number of hydrogen-bond acceptors (Lipinski definition) is 2. The maximum Gasteiger partial charge on any atom is 0.160 e. The standard InChI is InChI=1S/C48H29N3/c1-3-11-30(12-4-1)31-21-23-34(24-22-31)48-49-41-27-26-35(29-40(41)47(50-48)33-13-5-2-6-14-33)51-42-20-10-19-39-37-17-8-7-16-36(37)38-18-9-15-32-25-28-43(51)46(44(32)38)45(39)42/h1-29H. The van der Waals surface area contributed by atoms with Crippen molar-refractivity contribution in [2.45, 2.75) is 0 Å². The molecule has 236 valence electrons. The Bertz CT molecular complexity index is 2990. The summed E-state index contributed by atoms with van der Waals surface area (Å²) in [6.07, 6.45) is 0. The van der Waals surface area contributed by atoms with Crippen molar-refractivity contribution in [1.29, 1.82) is 0 Å². The third-order valence-corrected chi connectivity index (χ3v) is 10.5. The molecule has 0 unspecified atom stereocenters. The number of benzene rings is 8. The van der Waals surface area contributed by atoms with Crippen LogP contribution < -0.4 is 0 Å². The van der Waals surface area contributed by atoms with Gasteiger partial charge in [-0.25, -0.2) is 9.97 Å². The number of rotatable bonds is 4. The Morgan fingerprint density at radius 2 is 0.980 bits per heavy atom. The molecule has 51 heavy (non-hydrogen) atoms. The van der Waals surface area contributed by atoms with Crippen molar-refractivity contribution in [2.75, 3.05) is 0 Å². The van der Waals surface area contributed by atoms with E-state index >= 15 is 0 Å². The van der Waals surface area contributed by atoms with Gasteiger partial charge in [0.05, 0.1) is 22.2 Å². The summed E-state index contributed by atoms with van der Waals surface area (Å²) in [5.41, 5.74) is 14.8. The molecule has 0 bridgehead atoms. The normalized spacial score (nSPS) is 11.9. The first kappa shape index (κ1) is 28.0. The van der Waals surface area contributed by atoms with Crippen LogP contribution in [0.3, 0.4) is 0 Å². The fourth-order valence-corrected chi connectivity index (χ4v) is 8.25. The van der Waals surface area contributed by atoms with E-state index in [1.807, 2.05) is 6.07 Å². The first-order chi connectivity index (χ1) is 25.3. The van der Waals surface area contributed by atoms with Gasteiger partial charge in [0, 0.05) is 33.0 Å². The Balaban J connectivity index is 1.16. The summed E-state index contributed by atoms with van der Waals surface area (Å²) in [4.78, 5) is 10.4. The van der Waals surface area contributed by atoms with Gasteiger partial charge >= 0.3 is 0 Å². The van der Waals surface area contributed by atoms with Crippen LogP contribution in [0.1, 0.15) is 0 Å². The SMILES string of the molecule is c1ccc(-c2ccc(-c3nc(-c4ccccc4)c4cc(-n5c6cccc7c6c6c8c(cccc8ccc65)-c5ccccc5-7)ccc4n3)cc2)cc1. The van der Waals surface area contributed by atoms with E-state index in [9.17, 15) is 0 Å². The lowest BCUT2D eigenvalue weighted by molar-refractivity contribution is 1.18. The highest BCUT2D eigenvalue weighted by atomic mass is 15.0. The summed E-state index contributed by atoms with van der Waals surface area (Å²) in [6, 6.07) is 63.0. The topological polar surface area (TPSA) is 30.7 Å². The fourth-order valence-electron chi connectivity index (χ4n) is 8.25. The molecule has 0 amide bonds. The van der Waals surface area contributed by atoms with Gasteiger partial charge in [-0.05, 0) is 74.5 Å². The minimum Gasteiger partial charge on any atom is -0.309 e. The van der Waals surface area contributed by atoms with E-state index in [4.69, 9.17) is 9.97 Å². The van der Waals surface area contributed by atoms with Crippen LogP contribution in [0.2, 0.25) is 0 Å². The van der Waals surface area contributed by atoms with Gasteiger partial charge in [-0.2, -0.15) is 0 Å². The maximum atomic E-state index is 5.27. The first-order valence-corrected chi connectivity index (χ1v) is 17.4. The molecule has 1 aliphatic carbocycles. The molecule has 0 aliphatic heterocycles. The zero-order valence-electron chi connectivity index (χ0n) is 27.6. The minimum absolute atomic E-state index is 0.718. The largest absolute Gasteiger partial charge is 0.309 e. The average Bonchev–Trinajstić information content (AvgIpc) is 3.49. The summed E-state index contributed by atoms with van der Waals surface area (Å²) >= 11 is 0. The predicted octanol–water partition coefficient (Wildman–Crippen LogP) is 12.5. The van der Waals surface area contributed by atoms with E-state index in [-0.39, 0.29) is 0 Å². The third-order valence-electron chi connectivity index (χ3n) is 10.5. The molecule has 0 atom stereocenters. The van der Waals surface area contributed by atoms with Crippen LogP contribution in [0.25, 0.3) is 105 Å². The molecule has 0 saturated heterocycles. The lowest BCUT2D eigenvalue weighted by Crippen LogP contribution is -1.99. The monoisotopic (exact) mass is 647 g/mol. The fraction of sp³-hybridized carbons (Fsp3) is 0. The summed E-state index contributed by atoms with van der Waals surface area (Å²) in [6.45, 7) is 0. The summed E-state index contributed by atoms with van der Waals surface area (Å²) in [5, 5.41) is 6.19. The molecule has 3 heteroatoms. The van der Waals surface area contributed by atoms with Gasteiger partial charge < -0.3 is 4.57 Å². The lowest BCUT2D eigenvalue weighted by Gasteiger charge is -2.15. The van der Waals surface area contributed by atoms with Gasteiger partial charge in [-0.15, -0.1) is 0 Å². The number of aromatic nitrogens is 3. The highest BCUT2D eigenvalue weighted by Crippen LogP contribution is 2.49. The van der Waals surface area contributed by atoms with Crippen molar-refractivity contribution < 1.29 is 0 Å². The molecule has 8 aromatic carbocycles. The van der Waals surface area contributed by atoms with Crippen molar-refractivity contribution in [3.05, 3.63) is 176 Å². The van der Waals surface area contributed by atoms with Crippen LogP contribution in [-0.4, -0.2) is 14.5 Å². The van der Waals surface area contributed by atoms with Crippen molar-refractivity contribution in [1.82, 2.24) is 14.5 Å². The van der Waals surface area contributed by atoms with E-state index in [1.165, 1.54) is 66.0 Å². The van der Waals surface area contributed by atoms with E-state index in [1.54, 1.807) is 0 Å². The Kier molecular flexibility index (Phi) is 5.96. The predicted molar refractivity (Wildman–Crippen MR) is 212 cm³/mol. The minimum atomic E-state index is 0.718. The van der Waals surface area contributed by atoms with Gasteiger partial charge in [0.2, 0.25) is 0 Å². The molecule has 0 saturated carbocycles. The van der Waals surface area contributed by atoms with E-state index in [2.05, 4.69) is 174 Å². The van der Waals surface area contributed by atoms with E-state index in [0.717, 1.165) is 39.2 Å². The smallest absolute Gasteiger partial charge is 0.160 e. The number of nitrogens with zero attached hydrogens (tertiary/aromatic N) is 3. The first-order valence-electron chi connectivity index (χ1n) is 17.4. The van der Waals surface area contributed by atoms with Crippen molar-refractivity contribution in [3.8, 4) is 61.7 Å². The number of fused-ring (bicyclic) bond motifs is 4. The quantitative estimate of drug-likeness (QED) is 0.190. The Labute approximate surface area is 294 Å². The molecule has 2 heterocycles. The summed E-state index contributed by atoms with van der Waals surface area (Å²) < 4.78 is 2.43. The second-order valence-corrected chi connectivity index (χ2v) is 13.4. The molecule has 3 nitrogen and oxygen atoms in total. The van der Waals surface area contributed by atoms with E-state index in [0.29, 0.717) is 0 Å². The van der Waals surface area contributed by atoms with Crippen molar-refractivity contribution >= 4 is 43.5 Å². The van der Waals surface area contributed by atoms with Crippen LogP contribution >= 0.6 is 0 Å². The molecule has 0 fully saturated rings. The van der Waals surface area contributed by atoms with Gasteiger partial charge in [0.1, 0.15) is 0 Å². The molecule has 11 rings (SSSR count). The van der Waals surface area contributed by atoms with Crippen molar-refractivity contribution in [2.24, 2.45) is 0 Å². The van der Waals surface area contributed by atoms with Gasteiger partial charge in [0.15, 0.2) is 5.82 Å². The van der Waals surface area contributed by atoms with Crippen LogP contribution in [-0.2, 0) is 0 Å². The Hall–Kier alpha value is -6.84. The Morgan fingerprint density at radius 3 is 1.75 bits per heavy atom. The van der Waals surface area contributed by atoms with Crippen LogP contribution in [0.15, 0.2) is 176 Å². The Morgan fingerprint density at radius 1 is 0.373 bits per heavy atom. The molecule has 0 N–H and O–H groups in total. The molecule has 0 radical (unpaired) electrons. The van der Waals surface area contributed by atoms with Gasteiger partial charge in [-0.3, -0.25) is 0 Å². The van der Waals surface area contributed by atoms with Crippen LogP contribution in [0, 0.1) is 0 Å². The molecular weight excluding hydrogens is 619 g/mol. The van der Waals surface area contributed by atoms with Gasteiger partial charge in [0.25, 0.3) is 0 Å². The van der Waals surface area contributed by atoms with Crippen LogP contribution in [0.5, 0.6) is 0 Å². The molecule has 2 aromatic heterocycles. The van der Waals surface area contributed by atoms with Gasteiger partial charge in [-0.1, -0.05) is 146 Å². The highest BCUT2D eigenvalue weighted by Gasteiger charge is 2.25. The second kappa shape index (κ2) is 10.8. The van der Waals surface area contributed by atoms with E-state index < -0.39 is 0 Å². The number of hydrogen-bond donors (Lipinski definition) is 0.